The van der Waals surface area contributed by atoms with Crippen molar-refractivity contribution in [2.75, 3.05) is 5.73 Å². The van der Waals surface area contributed by atoms with Crippen LogP contribution in [0.3, 0.4) is 0 Å². The Morgan fingerprint density at radius 1 is 0.541 bits per heavy atom. The van der Waals surface area contributed by atoms with Gasteiger partial charge in [0.25, 0.3) is 0 Å². The molecule has 0 atom stereocenters. The summed E-state index contributed by atoms with van der Waals surface area (Å²) in [4.78, 5) is 0. The molecule has 0 saturated carbocycles. The molecule has 7 rings (SSSR count). The lowest BCUT2D eigenvalue weighted by atomic mass is 9.86. The lowest BCUT2D eigenvalue weighted by Crippen LogP contribution is -1.94. The minimum absolute atomic E-state index is 0.764. The first-order valence-corrected chi connectivity index (χ1v) is 12.7. The fraction of sp³-hybridized carbons (Fsp3) is 0. The van der Waals surface area contributed by atoms with Gasteiger partial charge in [-0.1, -0.05) is 121 Å². The van der Waals surface area contributed by atoms with Gasteiger partial charge in [-0.15, -0.1) is 0 Å². The van der Waals surface area contributed by atoms with Crippen LogP contribution in [0, 0.1) is 0 Å². The van der Waals surface area contributed by atoms with Gasteiger partial charge in [0.2, 0.25) is 0 Å². The van der Waals surface area contributed by atoms with Crippen molar-refractivity contribution in [1.29, 1.82) is 0 Å². The molecule has 0 aliphatic rings. The summed E-state index contributed by atoms with van der Waals surface area (Å²) in [6, 6.07) is 47.5. The number of benzene rings is 7. The first-order valence-electron chi connectivity index (χ1n) is 12.7. The molecule has 0 aliphatic carbocycles. The van der Waals surface area contributed by atoms with Crippen molar-refractivity contribution in [2.24, 2.45) is 0 Å². The predicted molar refractivity (Wildman–Crippen MR) is 160 cm³/mol. The number of rotatable bonds is 4. The van der Waals surface area contributed by atoms with Gasteiger partial charge in [-0.05, 0) is 83.9 Å². The number of anilines is 1. The van der Waals surface area contributed by atoms with Gasteiger partial charge in [-0.3, -0.25) is 0 Å². The Kier molecular flexibility index (Phi) is 5.01. The maximum absolute atomic E-state index is 6.26. The standard InChI is InChI=1S/C36H25N/c37-30-19-16-29(33(23-30)24-8-3-1-4-9-24)22-34(25-10-5-2-6-11-25)31-20-17-28-15-14-26-12-7-13-27-18-21-32(31)36(28)35(26)27/h1-23H,37H2. The van der Waals surface area contributed by atoms with Crippen LogP contribution in [-0.2, 0) is 0 Å². The highest BCUT2D eigenvalue weighted by Gasteiger charge is 2.15. The zero-order valence-electron chi connectivity index (χ0n) is 20.4. The molecule has 0 bridgehead atoms. The third kappa shape index (κ3) is 3.64. The summed E-state index contributed by atoms with van der Waals surface area (Å²) in [5.74, 6) is 0. The third-order valence-electron chi connectivity index (χ3n) is 7.37. The maximum atomic E-state index is 6.26. The van der Waals surface area contributed by atoms with Crippen LogP contribution in [0.25, 0.3) is 55.1 Å². The van der Waals surface area contributed by atoms with E-state index in [2.05, 4.69) is 127 Å². The van der Waals surface area contributed by atoms with E-state index >= 15 is 0 Å². The van der Waals surface area contributed by atoms with E-state index < -0.39 is 0 Å². The van der Waals surface area contributed by atoms with Crippen molar-refractivity contribution >= 4 is 49.7 Å². The number of hydrogen-bond acceptors (Lipinski definition) is 1. The summed E-state index contributed by atoms with van der Waals surface area (Å²) in [6.07, 6.45) is 2.32. The highest BCUT2D eigenvalue weighted by molar-refractivity contribution is 6.25. The van der Waals surface area contributed by atoms with Gasteiger partial charge in [0.05, 0.1) is 0 Å². The van der Waals surface area contributed by atoms with E-state index in [4.69, 9.17) is 5.73 Å². The summed E-state index contributed by atoms with van der Waals surface area (Å²) in [5.41, 5.74) is 14.1. The van der Waals surface area contributed by atoms with E-state index in [1.807, 2.05) is 12.1 Å². The Hall–Kier alpha value is -4.88. The highest BCUT2D eigenvalue weighted by atomic mass is 14.5. The lowest BCUT2D eigenvalue weighted by Gasteiger charge is -2.17. The molecule has 0 radical (unpaired) electrons. The second-order valence-electron chi connectivity index (χ2n) is 9.61. The first kappa shape index (κ1) is 21.4. The normalized spacial score (nSPS) is 12.1. The Morgan fingerprint density at radius 2 is 1.19 bits per heavy atom. The molecule has 0 aliphatic heterocycles. The minimum atomic E-state index is 0.764. The Balaban J connectivity index is 1.55. The van der Waals surface area contributed by atoms with Crippen molar-refractivity contribution in [1.82, 2.24) is 0 Å². The third-order valence-corrected chi connectivity index (χ3v) is 7.37. The zero-order chi connectivity index (χ0) is 24.8. The topological polar surface area (TPSA) is 26.0 Å². The second-order valence-corrected chi connectivity index (χ2v) is 9.61. The van der Waals surface area contributed by atoms with Gasteiger partial charge in [-0.2, -0.15) is 0 Å². The van der Waals surface area contributed by atoms with Crippen molar-refractivity contribution in [3.8, 4) is 11.1 Å². The molecular weight excluding hydrogens is 446 g/mol. The molecule has 7 aromatic rings. The second kappa shape index (κ2) is 8.65. The predicted octanol–water partition coefficient (Wildman–Crippen LogP) is 9.42. The number of nitrogen functional groups attached to an aromatic ring is 1. The number of hydrogen-bond donors (Lipinski definition) is 1. The molecule has 0 spiro atoms. The van der Waals surface area contributed by atoms with Crippen LogP contribution in [0.5, 0.6) is 0 Å². The molecule has 0 aromatic heterocycles. The molecule has 1 heteroatoms. The summed E-state index contributed by atoms with van der Waals surface area (Å²) < 4.78 is 0. The molecular formula is C36H25N. The molecule has 7 aromatic carbocycles. The van der Waals surface area contributed by atoms with Crippen LogP contribution in [0.4, 0.5) is 5.69 Å². The molecule has 2 N–H and O–H groups in total. The highest BCUT2D eigenvalue weighted by Crippen LogP contribution is 2.40. The van der Waals surface area contributed by atoms with Crippen LogP contribution in [-0.4, -0.2) is 0 Å². The van der Waals surface area contributed by atoms with E-state index in [0.29, 0.717) is 0 Å². The summed E-state index contributed by atoms with van der Waals surface area (Å²) >= 11 is 0. The molecule has 0 amide bonds. The van der Waals surface area contributed by atoms with Crippen LogP contribution in [0.1, 0.15) is 16.7 Å². The Bertz CT molecular complexity index is 1900. The molecule has 0 unspecified atom stereocenters. The van der Waals surface area contributed by atoms with E-state index in [9.17, 15) is 0 Å². The number of nitrogens with two attached hydrogens (primary N) is 1. The van der Waals surface area contributed by atoms with Gasteiger partial charge in [0.15, 0.2) is 0 Å². The van der Waals surface area contributed by atoms with Crippen LogP contribution < -0.4 is 5.73 Å². The minimum Gasteiger partial charge on any atom is -0.399 e. The van der Waals surface area contributed by atoms with Gasteiger partial charge >= 0.3 is 0 Å². The monoisotopic (exact) mass is 471 g/mol. The first-order chi connectivity index (χ1) is 18.3. The van der Waals surface area contributed by atoms with E-state index in [1.54, 1.807) is 0 Å². The fourth-order valence-electron chi connectivity index (χ4n) is 5.63. The average molecular weight is 472 g/mol. The summed E-state index contributed by atoms with van der Waals surface area (Å²) in [7, 11) is 0. The van der Waals surface area contributed by atoms with Crippen molar-refractivity contribution in [3.05, 3.63) is 150 Å². The van der Waals surface area contributed by atoms with Gasteiger partial charge in [0, 0.05) is 5.69 Å². The molecule has 0 saturated heterocycles. The maximum Gasteiger partial charge on any atom is 0.0320 e. The largest absolute Gasteiger partial charge is 0.399 e. The summed E-state index contributed by atoms with van der Waals surface area (Å²) in [6.45, 7) is 0. The van der Waals surface area contributed by atoms with E-state index in [1.165, 1.54) is 49.0 Å². The van der Waals surface area contributed by atoms with Crippen LogP contribution >= 0.6 is 0 Å². The van der Waals surface area contributed by atoms with Gasteiger partial charge in [-0.25, -0.2) is 0 Å². The SMILES string of the molecule is Nc1ccc(C=C(c2ccccc2)c2ccc3ccc4cccc5ccc2c3c45)c(-c2ccccc2)c1. The Labute approximate surface area is 216 Å². The molecule has 1 nitrogen and oxygen atoms in total. The molecule has 174 valence electrons. The van der Waals surface area contributed by atoms with Crippen molar-refractivity contribution < 1.29 is 0 Å². The summed E-state index contributed by atoms with van der Waals surface area (Å²) in [5, 5.41) is 7.77. The fourth-order valence-corrected chi connectivity index (χ4v) is 5.63. The van der Waals surface area contributed by atoms with E-state index in [-0.39, 0.29) is 0 Å². The van der Waals surface area contributed by atoms with Gasteiger partial charge < -0.3 is 5.73 Å². The smallest absolute Gasteiger partial charge is 0.0320 e. The quantitative estimate of drug-likeness (QED) is 0.154. The molecule has 0 fully saturated rings. The lowest BCUT2D eigenvalue weighted by molar-refractivity contribution is 1.56. The van der Waals surface area contributed by atoms with Crippen LogP contribution in [0.2, 0.25) is 0 Å². The van der Waals surface area contributed by atoms with Crippen molar-refractivity contribution in [2.45, 2.75) is 0 Å². The van der Waals surface area contributed by atoms with Crippen molar-refractivity contribution in [3.63, 3.8) is 0 Å². The van der Waals surface area contributed by atoms with E-state index in [0.717, 1.165) is 22.4 Å². The molecule has 0 heterocycles. The average Bonchev–Trinajstić information content (AvgIpc) is 2.96. The van der Waals surface area contributed by atoms with Gasteiger partial charge in [0.1, 0.15) is 0 Å². The van der Waals surface area contributed by atoms with Crippen LogP contribution in [0.15, 0.2) is 133 Å². The molecule has 37 heavy (non-hydrogen) atoms. The zero-order valence-corrected chi connectivity index (χ0v) is 20.4. The Morgan fingerprint density at radius 3 is 1.95 bits per heavy atom.